The first kappa shape index (κ1) is 18.6. The summed E-state index contributed by atoms with van der Waals surface area (Å²) in [5, 5.41) is 5.93. The van der Waals surface area contributed by atoms with Gasteiger partial charge in [0.2, 0.25) is 5.91 Å². The summed E-state index contributed by atoms with van der Waals surface area (Å²) in [6, 6.07) is 8.69. The SMILES string of the molecule is CC(=O)c1cnc(NC(=O)C2CC2)cc1Nc1ccccc1C(=O)N(C)C. The van der Waals surface area contributed by atoms with Crippen LogP contribution in [0.5, 0.6) is 0 Å². The summed E-state index contributed by atoms with van der Waals surface area (Å²) in [7, 11) is 3.36. The van der Waals surface area contributed by atoms with Gasteiger partial charge in [-0.05, 0) is 31.9 Å². The number of aromatic nitrogens is 1. The van der Waals surface area contributed by atoms with E-state index in [1.165, 1.54) is 18.0 Å². The van der Waals surface area contributed by atoms with Crippen LogP contribution in [-0.2, 0) is 4.79 Å². The Morgan fingerprint density at radius 3 is 2.41 bits per heavy atom. The molecule has 1 aromatic heterocycles. The Kier molecular flexibility index (Phi) is 5.21. The smallest absolute Gasteiger partial charge is 0.255 e. The molecule has 1 heterocycles. The summed E-state index contributed by atoms with van der Waals surface area (Å²) >= 11 is 0. The second kappa shape index (κ2) is 7.57. The molecular formula is C20H22N4O3. The fourth-order valence-corrected chi connectivity index (χ4v) is 2.65. The number of carbonyl (C=O) groups excluding carboxylic acids is 3. The molecule has 0 spiro atoms. The third kappa shape index (κ3) is 4.31. The molecule has 0 radical (unpaired) electrons. The molecule has 1 aliphatic rings. The summed E-state index contributed by atoms with van der Waals surface area (Å²) in [5.41, 5.74) is 1.93. The Morgan fingerprint density at radius 2 is 1.78 bits per heavy atom. The standard InChI is InChI=1S/C20H22N4O3/c1-12(25)15-11-21-18(23-19(26)13-8-9-13)10-17(15)22-16-7-5-4-6-14(16)20(27)24(2)3/h4-7,10-11,13H,8-9H2,1-3H3,(H2,21,22,23,26). The van der Waals surface area contributed by atoms with Crippen LogP contribution in [0.2, 0.25) is 0 Å². The second-order valence-corrected chi connectivity index (χ2v) is 6.81. The van der Waals surface area contributed by atoms with Crippen molar-refractivity contribution < 1.29 is 14.4 Å². The number of carbonyl (C=O) groups is 3. The number of hydrogen-bond acceptors (Lipinski definition) is 5. The number of para-hydroxylation sites is 1. The van der Waals surface area contributed by atoms with Crippen molar-refractivity contribution in [3.05, 3.63) is 47.7 Å². The molecular weight excluding hydrogens is 344 g/mol. The number of nitrogens with zero attached hydrogens (tertiary/aromatic N) is 2. The first-order valence-corrected chi connectivity index (χ1v) is 8.76. The van der Waals surface area contributed by atoms with Crippen LogP contribution in [0.4, 0.5) is 17.2 Å². The highest BCUT2D eigenvalue weighted by molar-refractivity contribution is 6.04. The number of pyridine rings is 1. The van der Waals surface area contributed by atoms with E-state index in [-0.39, 0.29) is 23.5 Å². The number of amides is 2. The van der Waals surface area contributed by atoms with Crippen molar-refractivity contribution in [2.24, 2.45) is 5.92 Å². The molecule has 140 valence electrons. The van der Waals surface area contributed by atoms with E-state index < -0.39 is 0 Å². The molecule has 1 aromatic carbocycles. The Morgan fingerprint density at radius 1 is 1.07 bits per heavy atom. The summed E-state index contributed by atoms with van der Waals surface area (Å²) in [4.78, 5) is 42.1. The normalized spacial score (nSPS) is 13.0. The van der Waals surface area contributed by atoms with Crippen molar-refractivity contribution in [1.29, 1.82) is 0 Å². The minimum absolute atomic E-state index is 0.0501. The second-order valence-electron chi connectivity index (χ2n) is 6.81. The highest BCUT2D eigenvalue weighted by Gasteiger charge is 2.30. The van der Waals surface area contributed by atoms with Gasteiger partial charge in [-0.25, -0.2) is 4.98 Å². The highest BCUT2D eigenvalue weighted by atomic mass is 16.2. The van der Waals surface area contributed by atoms with Gasteiger partial charge < -0.3 is 15.5 Å². The lowest BCUT2D eigenvalue weighted by molar-refractivity contribution is -0.117. The molecule has 0 atom stereocenters. The zero-order valence-corrected chi connectivity index (χ0v) is 15.6. The Bertz CT molecular complexity index is 904. The number of benzene rings is 1. The van der Waals surface area contributed by atoms with Gasteiger partial charge in [0.15, 0.2) is 5.78 Å². The molecule has 3 rings (SSSR count). The largest absolute Gasteiger partial charge is 0.354 e. The van der Waals surface area contributed by atoms with E-state index in [0.29, 0.717) is 28.3 Å². The van der Waals surface area contributed by atoms with Crippen molar-refractivity contribution in [3.63, 3.8) is 0 Å². The summed E-state index contributed by atoms with van der Waals surface area (Å²) in [6.45, 7) is 1.45. The minimum atomic E-state index is -0.165. The summed E-state index contributed by atoms with van der Waals surface area (Å²) < 4.78 is 0. The molecule has 2 amide bonds. The molecule has 0 unspecified atom stereocenters. The zero-order valence-electron chi connectivity index (χ0n) is 15.6. The van der Waals surface area contributed by atoms with Crippen LogP contribution in [0.3, 0.4) is 0 Å². The van der Waals surface area contributed by atoms with E-state index >= 15 is 0 Å². The van der Waals surface area contributed by atoms with Gasteiger partial charge in [0.1, 0.15) is 5.82 Å². The quantitative estimate of drug-likeness (QED) is 0.767. The molecule has 2 aromatic rings. The first-order valence-electron chi connectivity index (χ1n) is 8.76. The predicted octanol–water partition coefficient (Wildman–Crippen LogP) is 3.08. The molecule has 0 aliphatic heterocycles. The van der Waals surface area contributed by atoms with Crippen molar-refractivity contribution in [2.75, 3.05) is 24.7 Å². The number of hydrogen-bond donors (Lipinski definition) is 2. The molecule has 0 bridgehead atoms. The summed E-state index contributed by atoms with van der Waals surface area (Å²) in [5.74, 6) is 0.0393. The van der Waals surface area contributed by atoms with Gasteiger partial charge in [0.05, 0.1) is 22.5 Å². The Hall–Kier alpha value is -3.22. The van der Waals surface area contributed by atoms with Crippen molar-refractivity contribution >= 4 is 34.8 Å². The van der Waals surface area contributed by atoms with E-state index in [4.69, 9.17) is 0 Å². The van der Waals surface area contributed by atoms with E-state index in [2.05, 4.69) is 15.6 Å². The molecule has 1 aliphatic carbocycles. The number of Topliss-reactive ketones (excluding diaryl/α,β-unsaturated/α-hetero) is 1. The number of anilines is 3. The van der Waals surface area contributed by atoms with Gasteiger partial charge in [-0.3, -0.25) is 14.4 Å². The fourth-order valence-electron chi connectivity index (χ4n) is 2.65. The topological polar surface area (TPSA) is 91.4 Å². The zero-order chi connectivity index (χ0) is 19.6. The summed E-state index contributed by atoms with van der Waals surface area (Å²) in [6.07, 6.45) is 3.22. The van der Waals surface area contributed by atoms with Gasteiger partial charge >= 0.3 is 0 Å². The number of ketones is 1. The van der Waals surface area contributed by atoms with E-state index in [9.17, 15) is 14.4 Å². The van der Waals surface area contributed by atoms with E-state index in [1.54, 1.807) is 44.4 Å². The maximum absolute atomic E-state index is 12.4. The van der Waals surface area contributed by atoms with Crippen LogP contribution in [0.15, 0.2) is 36.5 Å². The molecule has 1 fully saturated rings. The van der Waals surface area contributed by atoms with Crippen LogP contribution in [0.1, 0.15) is 40.5 Å². The van der Waals surface area contributed by atoms with Crippen molar-refractivity contribution in [2.45, 2.75) is 19.8 Å². The molecule has 0 saturated heterocycles. The van der Waals surface area contributed by atoms with Crippen LogP contribution < -0.4 is 10.6 Å². The van der Waals surface area contributed by atoms with Crippen LogP contribution in [0, 0.1) is 5.92 Å². The lowest BCUT2D eigenvalue weighted by atomic mass is 10.1. The third-order valence-corrected chi connectivity index (χ3v) is 4.32. The van der Waals surface area contributed by atoms with Gasteiger partial charge in [-0.15, -0.1) is 0 Å². The fraction of sp³-hybridized carbons (Fsp3) is 0.300. The molecule has 1 saturated carbocycles. The lowest BCUT2D eigenvalue weighted by Crippen LogP contribution is -2.22. The van der Waals surface area contributed by atoms with Crippen LogP contribution >= 0.6 is 0 Å². The van der Waals surface area contributed by atoms with Crippen molar-refractivity contribution in [3.8, 4) is 0 Å². The third-order valence-electron chi connectivity index (χ3n) is 4.32. The molecule has 7 heteroatoms. The van der Waals surface area contributed by atoms with E-state index in [1.807, 2.05) is 0 Å². The van der Waals surface area contributed by atoms with Crippen LogP contribution in [-0.4, -0.2) is 41.6 Å². The Balaban J connectivity index is 1.94. The number of nitrogens with one attached hydrogen (secondary N) is 2. The molecule has 7 nitrogen and oxygen atoms in total. The van der Waals surface area contributed by atoms with Gasteiger partial charge in [-0.1, -0.05) is 12.1 Å². The maximum Gasteiger partial charge on any atom is 0.255 e. The highest BCUT2D eigenvalue weighted by Crippen LogP contribution is 2.31. The lowest BCUT2D eigenvalue weighted by Gasteiger charge is -2.17. The Labute approximate surface area is 157 Å². The van der Waals surface area contributed by atoms with Crippen molar-refractivity contribution in [1.82, 2.24) is 9.88 Å². The van der Waals surface area contributed by atoms with Gasteiger partial charge in [-0.2, -0.15) is 0 Å². The maximum atomic E-state index is 12.4. The molecule has 2 N–H and O–H groups in total. The monoisotopic (exact) mass is 366 g/mol. The predicted molar refractivity (Wildman–Crippen MR) is 103 cm³/mol. The first-order chi connectivity index (χ1) is 12.9. The van der Waals surface area contributed by atoms with Gasteiger partial charge in [0, 0.05) is 32.3 Å². The average Bonchev–Trinajstić information content (AvgIpc) is 3.46. The van der Waals surface area contributed by atoms with Gasteiger partial charge in [0.25, 0.3) is 5.91 Å². The molecule has 27 heavy (non-hydrogen) atoms. The van der Waals surface area contributed by atoms with Crippen LogP contribution in [0.25, 0.3) is 0 Å². The minimum Gasteiger partial charge on any atom is -0.354 e. The number of rotatable bonds is 6. The van der Waals surface area contributed by atoms with E-state index in [0.717, 1.165) is 12.8 Å². The average molecular weight is 366 g/mol.